The molecule has 0 aliphatic heterocycles. The fourth-order valence-corrected chi connectivity index (χ4v) is 6.58. The van der Waals surface area contributed by atoms with E-state index in [0.29, 0.717) is 22.8 Å². The van der Waals surface area contributed by atoms with Gasteiger partial charge in [0.05, 0.1) is 12.3 Å². The molecule has 7 rings (SSSR count). The minimum Gasteiger partial charge on any atom is -0.488 e. The average Bonchev–Trinajstić information content (AvgIpc) is 3.66. The van der Waals surface area contributed by atoms with E-state index in [0.717, 1.165) is 44.6 Å². The van der Waals surface area contributed by atoms with Crippen LogP contribution in [-0.2, 0) is 16.9 Å². The van der Waals surface area contributed by atoms with Gasteiger partial charge in [-0.3, -0.25) is 4.98 Å². The molecule has 0 radical (unpaired) electrons. The number of ether oxygens (including phenoxy) is 2. The molecule has 0 amide bonds. The quantitative estimate of drug-likeness (QED) is 0.100. The number of tetrazole rings is 1. The minimum absolute atomic E-state index is 0.271. The molecule has 0 unspecified atom stereocenters. The standard InChI is InChI=1S/C43H37N5O3/c1-4-50-42(49)40-31(3)44-30(2)28-39(40)51-29-32-24-26-33(27-25-32)37-22-14-15-23-38(37)41-45-47-48(46-41)43(34-16-8-5-9-17-34,35-18-10-6-11-19-35)36-20-12-7-13-21-36/h5-28H,4,29H2,1-3H3. The van der Waals surface area contributed by atoms with Crippen molar-refractivity contribution in [2.45, 2.75) is 32.9 Å². The van der Waals surface area contributed by atoms with E-state index in [-0.39, 0.29) is 13.2 Å². The molecule has 51 heavy (non-hydrogen) atoms. The van der Waals surface area contributed by atoms with Crippen LogP contribution in [0, 0.1) is 13.8 Å². The topological polar surface area (TPSA) is 92.0 Å². The molecule has 0 saturated heterocycles. The van der Waals surface area contributed by atoms with Crippen molar-refractivity contribution >= 4 is 5.97 Å². The summed E-state index contributed by atoms with van der Waals surface area (Å²) < 4.78 is 11.4. The number of hydrogen-bond donors (Lipinski definition) is 0. The largest absolute Gasteiger partial charge is 0.488 e. The van der Waals surface area contributed by atoms with Gasteiger partial charge in [-0.05, 0) is 59.4 Å². The summed E-state index contributed by atoms with van der Waals surface area (Å²) in [6.45, 7) is 5.98. The first-order valence-corrected chi connectivity index (χ1v) is 16.9. The molecule has 0 saturated carbocycles. The van der Waals surface area contributed by atoms with Gasteiger partial charge in [-0.2, -0.15) is 0 Å². The first-order valence-electron chi connectivity index (χ1n) is 16.9. The van der Waals surface area contributed by atoms with Crippen LogP contribution in [0.3, 0.4) is 0 Å². The van der Waals surface area contributed by atoms with Crippen molar-refractivity contribution in [2.24, 2.45) is 0 Å². The van der Waals surface area contributed by atoms with Crippen LogP contribution in [-0.4, -0.2) is 37.8 Å². The summed E-state index contributed by atoms with van der Waals surface area (Å²) in [5, 5.41) is 14.6. The van der Waals surface area contributed by atoms with Gasteiger partial charge in [0.1, 0.15) is 17.9 Å². The Labute approximate surface area is 297 Å². The summed E-state index contributed by atoms with van der Waals surface area (Å²) in [5.74, 6) is 0.531. The lowest BCUT2D eigenvalue weighted by Gasteiger charge is -2.34. The van der Waals surface area contributed by atoms with Gasteiger partial charge < -0.3 is 9.47 Å². The summed E-state index contributed by atoms with van der Waals surface area (Å²) in [6.07, 6.45) is 0. The summed E-state index contributed by atoms with van der Waals surface area (Å²) in [7, 11) is 0. The highest BCUT2D eigenvalue weighted by atomic mass is 16.5. The summed E-state index contributed by atoms with van der Waals surface area (Å²) >= 11 is 0. The molecule has 5 aromatic carbocycles. The number of aromatic nitrogens is 5. The normalized spacial score (nSPS) is 11.3. The van der Waals surface area contributed by atoms with Gasteiger partial charge in [0.2, 0.25) is 5.82 Å². The number of esters is 1. The Morgan fingerprint density at radius 3 is 1.82 bits per heavy atom. The van der Waals surface area contributed by atoms with Crippen molar-refractivity contribution in [2.75, 3.05) is 6.61 Å². The zero-order valence-electron chi connectivity index (χ0n) is 28.7. The SMILES string of the molecule is CCOC(=O)c1c(OCc2ccc(-c3ccccc3-c3nnn(C(c4ccccc4)(c4ccccc4)c4ccccc4)n3)cc2)cc(C)nc1C. The highest BCUT2D eigenvalue weighted by Gasteiger charge is 2.41. The van der Waals surface area contributed by atoms with Crippen LogP contribution < -0.4 is 4.74 Å². The fourth-order valence-electron chi connectivity index (χ4n) is 6.58. The summed E-state index contributed by atoms with van der Waals surface area (Å²) in [5.41, 5.74) is 7.65. The number of benzene rings is 5. The molecule has 0 fully saturated rings. The molecule has 7 aromatic rings. The predicted molar refractivity (Wildman–Crippen MR) is 197 cm³/mol. The van der Waals surface area contributed by atoms with Gasteiger partial charge >= 0.3 is 5.97 Å². The smallest absolute Gasteiger partial charge is 0.343 e. The van der Waals surface area contributed by atoms with Gasteiger partial charge in [-0.1, -0.05) is 140 Å². The molecular formula is C43H37N5O3. The maximum atomic E-state index is 12.7. The van der Waals surface area contributed by atoms with Crippen molar-refractivity contribution in [3.8, 4) is 28.3 Å². The number of nitrogens with zero attached hydrogens (tertiary/aromatic N) is 5. The van der Waals surface area contributed by atoms with Crippen LogP contribution >= 0.6 is 0 Å². The number of aryl methyl sites for hydroxylation is 2. The zero-order valence-corrected chi connectivity index (χ0v) is 28.7. The van der Waals surface area contributed by atoms with Crippen molar-refractivity contribution < 1.29 is 14.3 Å². The second-order valence-corrected chi connectivity index (χ2v) is 12.2. The molecule has 2 aromatic heterocycles. The molecule has 8 nitrogen and oxygen atoms in total. The Balaban J connectivity index is 1.23. The van der Waals surface area contributed by atoms with E-state index in [9.17, 15) is 4.79 Å². The van der Waals surface area contributed by atoms with E-state index >= 15 is 0 Å². The second kappa shape index (κ2) is 14.6. The third kappa shape index (κ3) is 6.51. The lowest BCUT2D eigenvalue weighted by atomic mass is 9.77. The van der Waals surface area contributed by atoms with Crippen molar-refractivity contribution in [1.82, 2.24) is 25.2 Å². The molecule has 0 bridgehead atoms. The lowest BCUT2D eigenvalue weighted by molar-refractivity contribution is 0.0519. The predicted octanol–water partition coefficient (Wildman–Crippen LogP) is 8.61. The molecule has 2 heterocycles. The Hall–Kier alpha value is -6.41. The molecule has 0 spiro atoms. The summed E-state index contributed by atoms with van der Waals surface area (Å²) in [6, 6.07) is 48.9. The number of rotatable bonds is 11. The van der Waals surface area contributed by atoms with Gasteiger partial charge in [-0.15, -0.1) is 15.0 Å². The number of carbonyl (C=O) groups excluding carboxylic acids is 1. The maximum absolute atomic E-state index is 12.7. The monoisotopic (exact) mass is 671 g/mol. The van der Waals surface area contributed by atoms with Crippen molar-refractivity contribution in [3.05, 3.63) is 185 Å². The number of pyridine rings is 1. The van der Waals surface area contributed by atoms with Gasteiger partial charge in [0, 0.05) is 17.3 Å². The number of hydrogen-bond acceptors (Lipinski definition) is 7. The summed E-state index contributed by atoms with van der Waals surface area (Å²) in [4.78, 5) is 18.9. The highest BCUT2D eigenvalue weighted by Crippen LogP contribution is 2.40. The maximum Gasteiger partial charge on any atom is 0.343 e. The molecule has 8 heteroatoms. The molecule has 0 N–H and O–H groups in total. The van der Waals surface area contributed by atoms with Crippen LogP contribution in [0.25, 0.3) is 22.5 Å². The minimum atomic E-state index is -0.870. The van der Waals surface area contributed by atoms with Crippen molar-refractivity contribution in [3.63, 3.8) is 0 Å². The first kappa shape index (κ1) is 33.1. The van der Waals surface area contributed by atoms with E-state index in [4.69, 9.17) is 19.8 Å². The van der Waals surface area contributed by atoms with Gasteiger partial charge in [-0.25, -0.2) is 4.79 Å². The third-order valence-corrected chi connectivity index (χ3v) is 8.89. The Kier molecular flexibility index (Phi) is 9.48. The lowest BCUT2D eigenvalue weighted by Crippen LogP contribution is -2.39. The van der Waals surface area contributed by atoms with Crippen LogP contribution in [0.2, 0.25) is 0 Å². The average molecular weight is 672 g/mol. The van der Waals surface area contributed by atoms with Gasteiger partial charge in [0.15, 0.2) is 5.54 Å². The Morgan fingerprint density at radius 1 is 0.706 bits per heavy atom. The molecule has 0 aliphatic carbocycles. The van der Waals surface area contributed by atoms with E-state index in [2.05, 4.69) is 64.7 Å². The van der Waals surface area contributed by atoms with Crippen LogP contribution in [0.4, 0.5) is 0 Å². The third-order valence-electron chi connectivity index (χ3n) is 8.89. The number of carbonyl (C=O) groups is 1. The van der Waals surface area contributed by atoms with Crippen LogP contribution in [0.15, 0.2) is 146 Å². The van der Waals surface area contributed by atoms with E-state index < -0.39 is 11.5 Å². The molecule has 252 valence electrons. The molecule has 0 aliphatic rings. The molecule has 0 atom stereocenters. The van der Waals surface area contributed by atoms with Crippen molar-refractivity contribution in [1.29, 1.82) is 0 Å². The van der Waals surface area contributed by atoms with Crippen LogP contribution in [0.5, 0.6) is 5.75 Å². The van der Waals surface area contributed by atoms with E-state index in [1.165, 1.54) is 0 Å². The highest BCUT2D eigenvalue weighted by molar-refractivity contribution is 5.93. The zero-order chi connectivity index (χ0) is 35.2. The van der Waals surface area contributed by atoms with E-state index in [1.54, 1.807) is 24.7 Å². The van der Waals surface area contributed by atoms with E-state index in [1.807, 2.05) is 91.9 Å². The molecular weight excluding hydrogens is 635 g/mol. The first-order chi connectivity index (χ1) is 25.0. The second-order valence-electron chi connectivity index (χ2n) is 12.2. The Bertz CT molecular complexity index is 2160. The Morgan fingerprint density at radius 2 is 1.25 bits per heavy atom. The van der Waals surface area contributed by atoms with Crippen LogP contribution in [0.1, 0.15) is 50.9 Å². The van der Waals surface area contributed by atoms with Gasteiger partial charge in [0.25, 0.3) is 0 Å². The fraction of sp³-hybridized carbons (Fsp3) is 0.140.